The second-order valence-electron chi connectivity index (χ2n) is 7.88. The van der Waals surface area contributed by atoms with Crippen LogP contribution < -0.4 is 16.3 Å². The van der Waals surface area contributed by atoms with Gasteiger partial charge in [-0.2, -0.15) is 9.78 Å². The van der Waals surface area contributed by atoms with Gasteiger partial charge < -0.3 is 9.73 Å². The molecule has 170 valence electrons. The Morgan fingerprint density at radius 2 is 1.94 bits per heavy atom. The van der Waals surface area contributed by atoms with Crippen LogP contribution in [0.2, 0.25) is 0 Å². The van der Waals surface area contributed by atoms with Gasteiger partial charge in [0, 0.05) is 18.2 Å². The molecule has 5 aromatic rings. The van der Waals surface area contributed by atoms with Gasteiger partial charge in [0.2, 0.25) is 5.95 Å². The van der Waals surface area contributed by atoms with Crippen LogP contribution in [0, 0.1) is 0 Å². The molecule has 9 nitrogen and oxygen atoms in total. The maximum Gasteiger partial charge on any atom is 0.292 e. The van der Waals surface area contributed by atoms with E-state index >= 15 is 0 Å². The molecule has 1 amide bonds. The fraction of sp³-hybridized carbons (Fsp3) is 0.125. The molecule has 0 saturated heterocycles. The van der Waals surface area contributed by atoms with Crippen molar-refractivity contribution < 1.29 is 9.21 Å². The first-order valence-corrected chi connectivity index (χ1v) is 11.4. The third-order valence-corrected chi connectivity index (χ3v) is 6.02. The second kappa shape index (κ2) is 8.56. The summed E-state index contributed by atoms with van der Waals surface area (Å²) in [5.74, 6) is -0.351. The zero-order valence-corrected chi connectivity index (χ0v) is 19.1. The van der Waals surface area contributed by atoms with Crippen molar-refractivity contribution in [1.82, 2.24) is 19.7 Å². The number of para-hydroxylation sites is 1. The summed E-state index contributed by atoms with van der Waals surface area (Å²) < 4.78 is 7.02. The number of nitrogens with zero attached hydrogens (tertiary/aromatic N) is 3. The van der Waals surface area contributed by atoms with E-state index in [1.165, 1.54) is 22.1 Å². The van der Waals surface area contributed by atoms with Crippen LogP contribution in [-0.2, 0) is 0 Å². The highest BCUT2D eigenvalue weighted by Gasteiger charge is 2.19. The van der Waals surface area contributed by atoms with E-state index in [4.69, 9.17) is 4.42 Å². The summed E-state index contributed by atoms with van der Waals surface area (Å²) in [6.45, 7) is 3.85. The SMILES string of the molecule is CC(C)c1cc(=O)[nH]c(-n2nc(-c3cccs3)cc2NC(=O)c2cc(=O)c3ccccc3o2)n1. The molecule has 5 rings (SSSR count). The minimum atomic E-state index is -0.635. The van der Waals surface area contributed by atoms with E-state index in [9.17, 15) is 14.4 Å². The average Bonchev–Trinajstić information content (AvgIpc) is 3.49. The Morgan fingerprint density at radius 3 is 2.71 bits per heavy atom. The maximum atomic E-state index is 13.1. The van der Waals surface area contributed by atoms with E-state index < -0.39 is 5.91 Å². The predicted molar refractivity (Wildman–Crippen MR) is 130 cm³/mol. The van der Waals surface area contributed by atoms with Crippen LogP contribution in [0.15, 0.2) is 74.0 Å². The van der Waals surface area contributed by atoms with E-state index in [1.54, 1.807) is 30.3 Å². The number of H-pyrrole nitrogens is 1. The molecular formula is C24H19N5O4S. The van der Waals surface area contributed by atoms with Crippen LogP contribution in [0.3, 0.4) is 0 Å². The fourth-order valence-electron chi connectivity index (χ4n) is 3.43. The molecular weight excluding hydrogens is 454 g/mol. The summed E-state index contributed by atoms with van der Waals surface area (Å²) in [7, 11) is 0. The number of nitrogens with one attached hydrogen (secondary N) is 2. The molecule has 34 heavy (non-hydrogen) atoms. The zero-order chi connectivity index (χ0) is 23.8. The first kappa shape index (κ1) is 21.5. The van der Waals surface area contributed by atoms with Gasteiger partial charge >= 0.3 is 0 Å². The lowest BCUT2D eigenvalue weighted by atomic mass is 10.1. The summed E-state index contributed by atoms with van der Waals surface area (Å²) in [5.41, 5.74) is 0.825. The Labute approximate surface area is 196 Å². The summed E-state index contributed by atoms with van der Waals surface area (Å²) in [6.07, 6.45) is 0. The molecule has 2 N–H and O–H groups in total. The Hall–Kier alpha value is -4.31. The van der Waals surface area contributed by atoms with Crippen molar-refractivity contribution in [2.24, 2.45) is 0 Å². The van der Waals surface area contributed by atoms with Crippen LogP contribution in [0.1, 0.15) is 36.0 Å². The van der Waals surface area contributed by atoms with Crippen molar-refractivity contribution in [2.75, 3.05) is 5.32 Å². The topological polar surface area (TPSA) is 123 Å². The minimum Gasteiger partial charge on any atom is -0.451 e. The number of thiophene rings is 1. The number of hydrogen-bond donors (Lipinski definition) is 2. The molecule has 0 bridgehead atoms. The van der Waals surface area contributed by atoms with Gasteiger partial charge in [0.25, 0.3) is 11.5 Å². The molecule has 0 atom stereocenters. The number of amides is 1. The highest BCUT2D eigenvalue weighted by atomic mass is 32.1. The van der Waals surface area contributed by atoms with Gasteiger partial charge in [-0.3, -0.25) is 19.4 Å². The van der Waals surface area contributed by atoms with E-state index in [0.29, 0.717) is 22.4 Å². The van der Waals surface area contributed by atoms with Gasteiger partial charge in [0.05, 0.1) is 16.0 Å². The number of carbonyl (C=O) groups excluding carboxylic acids is 1. The second-order valence-corrected chi connectivity index (χ2v) is 8.83. The average molecular weight is 474 g/mol. The van der Waals surface area contributed by atoms with Gasteiger partial charge in [-0.25, -0.2) is 4.98 Å². The lowest BCUT2D eigenvalue weighted by Gasteiger charge is -2.10. The molecule has 1 aromatic carbocycles. The molecule has 0 aliphatic carbocycles. The molecule has 0 fully saturated rings. The molecule has 0 aliphatic rings. The van der Waals surface area contributed by atoms with Crippen LogP contribution in [-0.4, -0.2) is 25.7 Å². The largest absolute Gasteiger partial charge is 0.451 e. The van der Waals surface area contributed by atoms with Crippen molar-refractivity contribution in [3.63, 3.8) is 0 Å². The first-order valence-electron chi connectivity index (χ1n) is 10.5. The number of aromatic amines is 1. The quantitative estimate of drug-likeness (QED) is 0.395. The number of aromatic nitrogens is 4. The van der Waals surface area contributed by atoms with Gasteiger partial charge in [-0.1, -0.05) is 32.0 Å². The number of rotatable bonds is 5. The van der Waals surface area contributed by atoms with Gasteiger partial charge in [0.1, 0.15) is 17.1 Å². The van der Waals surface area contributed by atoms with E-state index in [0.717, 1.165) is 10.9 Å². The monoisotopic (exact) mass is 473 g/mol. The van der Waals surface area contributed by atoms with Crippen LogP contribution in [0.5, 0.6) is 0 Å². The summed E-state index contributed by atoms with van der Waals surface area (Å²) >= 11 is 1.48. The molecule has 0 unspecified atom stereocenters. The van der Waals surface area contributed by atoms with Gasteiger partial charge in [-0.15, -0.1) is 11.3 Å². The number of carbonyl (C=O) groups is 1. The smallest absolute Gasteiger partial charge is 0.292 e. The predicted octanol–water partition coefficient (Wildman–Crippen LogP) is 4.17. The molecule has 4 heterocycles. The third-order valence-electron chi connectivity index (χ3n) is 5.12. The number of benzene rings is 1. The summed E-state index contributed by atoms with van der Waals surface area (Å²) in [4.78, 5) is 45.8. The maximum absolute atomic E-state index is 13.1. The van der Waals surface area contributed by atoms with Crippen molar-refractivity contribution in [3.05, 3.63) is 92.0 Å². The highest BCUT2D eigenvalue weighted by molar-refractivity contribution is 7.13. The number of hydrogen-bond acceptors (Lipinski definition) is 7. The van der Waals surface area contributed by atoms with Crippen LogP contribution in [0.4, 0.5) is 5.82 Å². The summed E-state index contributed by atoms with van der Waals surface area (Å²) in [5, 5.41) is 9.60. The first-order chi connectivity index (χ1) is 16.4. The van der Waals surface area contributed by atoms with Gasteiger partial charge in [-0.05, 0) is 29.5 Å². The Balaban J connectivity index is 1.59. The summed E-state index contributed by atoms with van der Waals surface area (Å²) in [6, 6.07) is 14.7. The zero-order valence-electron chi connectivity index (χ0n) is 18.2. The van der Waals surface area contributed by atoms with Crippen molar-refractivity contribution in [3.8, 4) is 16.5 Å². The van der Waals surface area contributed by atoms with E-state index in [2.05, 4.69) is 20.4 Å². The van der Waals surface area contributed by atoms with Crippen molar-refractivity contribution in [2.45, 2.75) is 19.8 Å². The molecule has 10 heteroatoms. The lowest BCUT2D eigenvalue weighted by Crippen LogP contribution is -2.20. The van der Waals surface area contributed by atoms with E-state index in [1.807, 2.05) is 31.4 Å². The van der Waals surface area contributed by atoms with Crippen LogP contribution >= 0.6 is 11.3 Å². The molecule has 0 spiro atoms. The third kappa shape index (κ3) is 4.06. The Bertz CT molecular complexity index is 1630. The Morgan fingerprint density at radius 1 is 1.12 bits per heavy atom. The highest BCUT2D eigenvalue weighted by Crippen LogP contribution is 2.28. The van der Waals surface area contributed by atoms with Gasteiger partial charge in [0.15, 0.2) is 11.2 Å². The fourth-order valence-corrected chi connectivity index (χ4v) is 4.11. The molecule has 0 saturated carbocycles. The normalized spacial score (nSPS) is 11.3. The number of anilines is 1. The Kier molecular flexibility index (Phi) is 5.42. The van der Waals surface area contributed by atoms with Crippen LogP contribution in [0.25, 0.3) is 27.5 Å². The minimum absolute atomic E-state index is 0.0123. The lowest BCUT2D eigenvalue weighted by molar-refractivity contribution is 0.0996. The van der Waals surface area contributed by atoms with Crippen molar-refractivity contribution >= 4 is 34.0 Å². The number of fused-ring (bicyclic) bond motifs is 1. The van der Waals surface area contributed by atoms with Crippen molar-refractivity contribution in [1.29, 1.82) is 0 Å². The standard InChI is InChI=1S/C24H19N5O4S/c1-13(2)15-11-22(31)27-24(25-15)29-21(10-16(28-29)20-8-5-9-34-20)26-23(32)19-12-17(30)14-6-3-4-7-18(14)33-19/h3-13H,1-2H3,(H,26,32)(H,25,27,31). The molecule has 0 aliphatic heterocycles. The molecule has 4 aromatic heterocycles. The molecule has 0 radical (unpaired) electrons. The van der Waals surface area contributed by atoms with E-state index in [-0.39, 0.29) is 34.4 Å².